The van der Waals surface area contributed by atoms with Gasteiger partial charge in [0.1, 0.15) is 0 Å². The van der Waals surface area contributed by atoms with Gasteiger partial charge in [0.05, 0.1) is 11.4 Å². The minimum atomic E-state index is 0.0642. The summed E-state index contributed by atoms with van der Waals surface area (Å²) in [4.78, 5) is 2.55. The Morgan fingerprint density at radius 2 is 1.22 bits per heavy atom. The maximum Gasteiger partial charge on any atom is 0.0543 e. The van der Waals surface area contributed by atoms with Crippen LogP contribution in [-0.4, -0.2) is 0 Å². The van der Waals surface area contributed by atoms with Crippen molar-refractivity contribution < 1.29 is 0 Å². The lowest BCUT2D eigenvalue weighted by atomic mass is 9.49. The van der Waals surface area contributed by atoms with E-state index in [1.807, 2.05) is 0 Å². The van der Waals surface area contributed by atoms with Crippen LogP contribution in [0.1, 0.15) is 50.7 Å². The number of hydrogen-bond acceptors (Lipinski definition) is 1. The molecule has 1 heteroatoms. The van der Waals surface area contributed by atoms with Gasteiger partial charge in [-0.05, 0) is 107 Å². The molecule has 2 saturated carbocycles. The molecule has 9 rings (SSSR count). The molecule has 0 radical (unpaired) electrons. The highest BCUT2D eigenvalue weighted by Crippen LogP contribution is 2.66. The van der Waals surface area contributed by atoms with Crippen LogP contribution in [0.25, 0.3) is 33.0 Å². The van der Waals surface area contributed by atoms with Gasteiger partial charge in [-0.25, -0.2) is 0 Å². The lowest BCUT2D eigenvalue weighted by Gasteiger charge is -2.54. The maximum atomic E-state index is 2.57. The second kappa shape index (κ2) is 10.7. The van der Waals surface area contributed by atoms with Gasteiger partial charge in [0.15, 0.2) is 0 Å². The number of fused-ring (bicyclic) bond motifs is 9. The molecule has 0 N–H and O–H groups in total. The minimum absolute atomic E-state index is 0.0642. The predicted octanol–water partition coefficient (Wildman–Crippen LogP) is 12.3. The van der Waals surface area contributed by atoms with Crippen molar-refractivity contribution in [2.24, 2.45) is 23.7 Å². The Morgan fingerprint density at radius 1 is 0.522 bits per heavy atom. The lowest BCUT2D eigenvalue weighted by molar-refractivity contribution is 0.0426. The fourth-order valence-corrected chi connectivity index (χ4v) is 10.3. The molecular weight excluding hydrogens is 555 g/mol. The first kappa shape index (κ1) is 27.7. The van der Waals surface area contributed by atoms with E-state index in [1.54, 1.807) is 11.1 Å². The van der Waals surface area contributed by atoms with E-state index >= 15 is 0 Å². The summed E-state index contributed by atoms with van der Waals surface area (Å²) in [5.74, 6) is 2.95. The molecule has 2 fully saturated rings. The van der Waals surface area contributed by atoms with Gasteiger partial charge in [-0.15, -0.1) is 0 Å². The Kier molecular flexibility index (Phi) is 6.46. The third-order valence-corrected chi connectivity index (χ3v) is 11.8. The fraction of sp³-hybridized carbons (Fsp3) is 0.244. The van der Waals surface area contributed by atoms with Crippen molar-refractivity contribution >= 4 is 27.8 Å². The van der Waals surface area contributed by atoms with Crippen LogP contribution in [0.2, 0.25) is 0 Å². The van der Waals surface area contributed by atoms with E-state index in [-0.39, 0.29) is 5.41 Å². The number of nitrogens with zero attached hydrogens (tertiary/aromatic N) is 1. The molecule has 2 bridgehead atoms. The van der Waals surface area contributed by atoms with Crippen LogP contribution < -0.4 is 4.90 Å². The number of benzene rings is 6. The van der Waals surface area contributed by atoms with E-state index < -0.39 is 0 Å². The summed E-state index contributed by atoms with van der Waals surface area (Å²) in [6, 6.07) is 52.1. The molecule has 5 unspecified atom stereocenters. The summed E-state index contributed by atoms with van der Waals surface area (Å²) in [6.07, 6.45) is 5.42. The molecule has 6 aromatic rings. The molecule has 0 amide bonds. The maximum absolute atomic E-state index is 2.57. The van der Waals surface area contributed by atoms with E-state index in [2.05, 4.69) is 158 Å². The Morgan fingerprint density at radius 3 is 2.04 bits per heavy atom. The van der Waals surface area contributed by atoms with Gasteiger partial charge in [0, 0.05) is 22.1 Å². The monoisotopic (exact) mass is 595 g/mol. The molecule has 0 aliphatic heterocycles. The zero-order valence-electron chi connectivity index (χ0n) is 26.9. The largest absolute Gasteiger partial charge is 0.309 e. The summed E-state index contributed by atoms with van der Waals surface area (Å²) in [6.45, 7) is 5.07. The number of rotatable bonds is 4. The SMILES string of the molecule is CC1CC2CC(C)C3(c4ccccc4-c4c(N(c5ccccc5)c5ccc(-c6ccccc6)c6ccccc56)cccc43)C(C1)C2. The molecular formula is C45H41N. The summed E-state index contributed by atoms with van der Waals surface area (Å²) >= 11 is 0. The van der Waals surface area contributed by atoms with Crippen molar-refractivity contribution in [3.05, 3.63) is 151 Å². The van der Waals surface area contributed by atoms with Crippen molar-refractivity contribution in [1.82, 2.24) is 0 Å². The Hall–Kier alpha value is -4.62. The van der Waals surface area contributed by atoms with Crippen LogP contribution in [0.15, 0.2) is 140 Å². The van der Waals surface area contributed by atoms with Gasteiger partial charge in [0.2, 0.25) is 0 Å². The average molecular weight is 596 g/mol. The summed E-state index contributed by atoms with van der Waals surface area (Å²) in [5.41, 5.74) is 12.3. The quantitative estimate of drug-likeness (QED) is 0.196. The molecule has 3 aliphatic rings. The van der Waals surface area contributed by atoms with Gasteiger partial charge in [0.25, 0.3) is 0 Å². The van der Waals surface area contributed by atoms with Crippen LogP contribution in [-0.2, 0) is 5.41 Å². The fourth-order valence-electron chi connectivity index (χ4n) is 10.3. The molecule has 226 valence electrons. The zero-order chi connectivity index (χ0) is 30.8. The van der Waals surface area contributed by atoms with Gasteiger partial charge in [-0.1, -0.05) is 129 Å². The molecule has 5 atom stereocenters. The van der Waals surface area contributed by atoms with E-state index in [4.69, 9.17) is 0 Å². The number of hydrogen-bond donors (Lipinski definition) is 0. The van der Waals surface area contributed by atoms with Crippen LogP contribution in [0, 0.1) is 23.7 Å². The van der Waals surface area contributed by atoms with Crippen LogP contribution in [0.3, 0.4) is 0 Å². The highest BCUT2D eigenvalue weighted by atomic mass is 15.1. The summed E-state index contributed by atoms with van der Waals surface area (Å²) in [7, 11) is 0. The second-order valence-electron chi connectivity index (χ2n) is 14.3. The zero-order valence-corrected chi connectivity index (χ0v) is 26.9. The first-order valence-electron chi connectivity index (χ1n) is 17.3. The second-order valence-corrected chi connectivity index (χ2v) is 14.3. The molecule has 0 heterocycles. The van der Waals surface area contributed by atoms with E-state index in [9.17, 15) is 0 Å². The molecule has 0 aromatic heterocycles. The van der Waals surface area contributed by atoms with E-state index in [1.165, 1.54) is 75.8 Å². The molecule has 0 saturated heterocycles. The van der Waals surface area contributed by atoms with E-state index in [0.29, 0.717) is 11.8 Å². The van der Waals surface area contributed by atoms with Crippen LogP contribution >= 0.6 is 0 Å². The van der Waals surface area contributed by atoms with Gasteiger partial charge < -0.3 is 4.90 Å². The van der Waals surface area contributed by atoms with Crippen molar-refractivity contribution in [2.75, 3.05) is 4.90 Å². The summed E-state index contributed by atoms with van der Waals surface area (Å²) < 4.78 is 0. The standard InChI is InChI=1S/C45H41N/c1-30-26-32-28-31(2)45(34(27-30)29-32)40-21-12-11-20-39(40)44-41(45)22-13-23-43(44)46(35-16-7-4-8-17-35)42-25-24-36(33-14-5-3-6-15-33)37-18-9-10-19-38(37)42/h3-25,30-32,34H,26-29H2,1-2H3. The van der Waals surface area contributed by atoms with Gasteiger partial charge in [-0.2, -0.15) is 0 Å². The normalized spacial score (nSPS) is 24.5. The van der Waals surface area contributed by atoms with E-state index in [0.717, 1.165) is 11.8 Å². The molecule has 1 spiro atoms. The first-order chi connectivity index (χ1) is 22.6. The third-order valence-electron chi connectivity index (χ3n) is 11.8. The summed E-state index contributed by atoms with van der Waals surface area (Å²) in [5, 5.41) is 2.54. The molecule has 6 aromatic carbocycles. The van der Waals surface area contributed by atoms with Gasteiger partial charge >= 0.3 is 0 Å². The van der Waals surface area contributed by atoms with Crippen LogP contribution in [0.5, 0.6) is 0 Å². The minimum Gasteiger partial charge on any atom is -0.309 e. The Bertz CT molecular complexity index is 2060. The highest BCUT2D eigenvalue weighted by Gasteiger charge is 2.57. The topological polar surface area (TPSA) is 3.24 Å². The van der Waals surface area contributed by atoms with Crippen molar-refractivity contribution in [2.45, 2.75) is 44.9 Å². The number of anilines is 3. The van der Waals surface area contributed by atoms with Crippen LogP contribution in [0.4, 0.5) is 17.1 Å². The lowest BCUT2D eigenvalue weighted by Crippen LogP contribution is -2.49. The van der Waals surface area contributed by atoms with Crippen molar-refractivity contribution in [3.63, 3.8) is 0 Å². The Balaban J connectivity index is 1.32. The predicted molar refractivity (Wildman–Crippen MR) is 194 cm³/mol. The molecule has 1 nitrogen and oxygen atoms in total. The van der Waals surface area contributed by atoms with Crippen molar-refractivity contribution in [1.29, 1.82) is 0 Å². The smallest absolute Gasteiger partial charge is 0.0543 e. The number of para-hydroxylation sites is 1. The first-order valence-corrected chi connectivity index (χ1v) is 17.3. The molecule has 3 aliphatic carbocycles. The molecule has 46 heavy (non-hydrogen) atoms. The Labute approximate surface area is 273 Å². The third kappa shape index (κ3) is 4.00. The highest BCUT2D eigenvalue weighted by molar-refractivity contribution is 6.07. The van der Waals surface area contributed by atoms with Gasteiger partial charge in [-0.3, -0.25) is 0 Å². The van der Waals surface area contributed by atoms with Crippen molar-refractivity contribution in [3.8, 4) is 22.3 Å². The average Bonchev–Trinajstić information content (AvgIpc) is 3.40.